The summed E-state index contributed by atoms with van der Waals surface area (Å²) in [6, 6.07) is 5.29. The molecule has 1 aromatic rings. The summed E-state index contributed by atoms with van der Waals surface area (Å²) in [6.45, 7) is 0. The number of carbonyl (C=O) groups is 2. The van der Waals surface area contributed by atoms with Crippen LogP contribution in [-0.2, 0) is 4.79 Å². The second-order valence-corrected chi connectivity index (χ2v) is 4.54. The molecule has 0 fully saturated rings. The molecule has 1 N–H and O–H groups in total. The molecule has 1 aliphatic rings. The lowest BCUT2D eigenvalue weighted by molar-refractivity contribution is -0.107. The number of hydrogen-bond donors (Lipinski definition) is 1. The van der Waals surface area contributed by atoms with Gasteiger partial charge in [-0.2, -0.15) is 0 Å². The number of fused-ring (bicyclic) bond motifs is 1. The highest BCUT2D eigenvalue weighted by atomic mass is 35.5. The SMILES string of the molecule is O=CC1Nc2cc(C(=O)CCl)ccc2S1. The summed E-state index contributed by atoms with van der Waals surface area (Å²) in [7, 11) is 0. The molecule has 15 heavy (non-hydrogen) atoms. The smallest absolute Gasteiger partial charge is 0.177 e. The number of alkyl halides is 1. The zero-order chi connectivity index (χ0) is 10.8. The number of hydrogen-bond acceptors (Lipinski definition) is 4. The van der Waals surface area contributed by atoms with Crippen molar-refractivity contribution < 1.29 is 9.59 Å². The lowest BCUT2D eigenvalue weighted by Crippen LogP contribution is -2.10. The second-order valence-electron chi connectivity index (χ2n) is 3.09. The van der Waals surface area contributed by atoms with Gasteiger partial charge in [0, 0.05) is 16.1 Å². The van der Waals surface area contributed by atoms with Gasteiger partial charge < -0.3 is 10.1 Å². The van der Waals surface area contributed by atoms with Crippen LogP contribution in [0.1, 0.15) is 10.4 Å². The molecule has 1 atom stereocenters. The van der Waals surface area contributed by atoms with Crippen molar-refractivity contribution in [2.45, 2.75) is 10.3 Å². The molecule has 2 rings (SSSR count). The number of nitrogens with one attached hydrogen (secondary N) is 1. The summed E-state index contributed by atoms with van der Waals surface area (Å²) in [5.74, 6) is -0.135. The molecule has 0 aromatic heterocycles. The van der Waals surface area contributed by atoms with Crippen molar-refractivity contribution >= 4 is 41.1 Å². The van der Waals surface area contributed by atoms with Gasteiger partial charge in [0.2, 0.25) is 0 Å². The van der Waals surface area contributed by atoms with Gasteiger partial charge in [-0.05, 0) is 12.1 Å². The van der Waals surface area contributed by atoms with Crippen molar-refractivity contribution in [2.75, 3.05) is 11.2 Å². The number of Topliss-reactive ketones (excluding diaryl/α,β-unsaturated/α-hetero) is 1. The predicted molar refractivity (Wildman–Crippen MR) is 60.8 cm³/mol. The van der Waals surface area contributed by atoms with Crippen LogP contribution in [0.5, 0.6) is 0 Å². The third kappa shape index (κ3) is 2.01. The van der Waals surface area contributed by atoms with Crippen LogP contribution in [0.3, 0.4) is 0 Å². The molecule has 1 unspecified atom stereocenters. The Kier molecular flexibility index (Phi) is 2.98. The van der Waals surface area contributed by atoms with Crippen LogP contribution in [0.25, 0.3) is 0 Å². The van der Waals surface area contributed by atoms with Crippen molar-refractivity contribution in [1.82, 2.24) is 0 Å². The third-order valence-electron chi connectivity index (χ3n) is 2.10. The summed E-state index contributed by atoms with van der Waals surface area (Å²) in [5, 5.41) is 2.75. The monoisotopic (exact) mass is 241 g/mol. The Hall–Kier alpha value is -1.000. The minimum absolute atomic E-state index is 0.0248. The van der Waals surface area contributed by atoms with E-state index in [1.54, 1.807) is 12.1 Å². The molecule has 0 amide bonds. The fraction of sp³-hybridized carbons (Fsp3) is 0.200. The van der Waals surface area contributed by atoms with Crippen LogP contribution in [0, 0.1) is 0 Å². The Morgan fingerprint density at radius 2 is 2.40 bits per heavy atom. The van der Waals surface area contributed by atoms with E-state index in [2.05, 4.69) is 5.32 Å². The van der Waals surface area contributed by atoms with E-state index in [4.69, 9.17) is 11.6 Å². The average Bonchev–Trinajstić information content (AvgIpc) is 2.69. The zero-order valence-electron chi connectivity index (χ0n) is 7.70. The van der Waals surface area contributed by atoms with Gasteiger partial charge in [-0.3, -0.25) is 4.79 Å². The molecular formula is C10H8ClNO2S. The fourth-order valence-corrected chi connectivity index (χ4v) is 2.44. The average molecular weight is 242 g/mol. The lowest BCUT2D eigenvalue weighted by atomic mass is 10.1. The maximum absolute atomic E-state index is 11.3. The second kappa shape index (κ2) is 4.24. The van der Waals surface area contributed by atoms with E-state index in [1.807, 2.05) is 6.07 Å². The van der Waals surface area contributed by atoms with Crippen molar-refractivity contribution in [3.8, 4) is 0 Å². The maximum atomic E-state index is 11.3. The summed E-state index contributed by atoms with van der Waals surface area (Å²) in [4.78, 5) is 22.9. The van der Waals surface area contributed by atoms with Gasteiger partial charge in [-0.15, -0.1) is 11.6 Å². The molecule has 3 nitrogen and oxygen atoms in total. The Balaban J connectivity index is 2.30. The largest absolute Gasteiger partial charge is 0.366 e. The molecule has 1 aliphatic heterocycles. The molecule has 0 saturated carbocycles. The molecule has 0 spiro atoms. The van der Waals surface area contributed by atoms with Crippen LogP contribution in [-0.4, -0.2) is 23.3 Å². The van der Waals surface area contributed by atoms with Crippen LogP contribution < -0.4 is 5.32 Å². The number of carbonyl (C=O) groups excluding carboxylic acids is 2. The highest BCUT2D eigenvalue weighted by Gasteiger charge is 2.21. The molecule has 0 aliphatic carbocycles. The standard InChI is InChI=1S/C10H8ClNO2S/c11-4-8(14)6-1-2-9-7(3-6)12-10(5-13)15-9/h1-3,5,10,12H,4H2. The highest BCUT2D eigenvalue weighted by Crippen LogP contribution is 2.37. The lowest BCUT2D eigenvalue weighted by Gasteiger charge is -2.02. The van der Waals surface area contributed by atoms with Crippen molar-refractivity contribution in [3.05, 3.63) is 23.8 Å². The highest BCUT2D eigenvalue weighted by molar-refractivity contribution is 8.01. The van der Waals surface area contributed by atoms with Crippen molar-refractivity contribution in [1.29, 1.82) is 0 Å². The van der Waals surface area contributed by atoms with Gasteiger partial charge in [0.25, 0.3) is 0 Å². The Morgan fingerprint density at radius 1 is 1.60 bits per heavy atom. The third-order valence-corrected chi connectivity index (χ3v) is 3.43. The number of anilines is 1. The number of benzene rings is 1. The topological polar surface area (TPSA) is 46.2 Å². The summed E-state index contributed by atoms with van der Waals surface area (Å²) < 4.78 is 0. The van der Waals surface area contributed by atoms with E-state index in [0.717, 1.165) is 16.9 Å². The summed E-state index contributed by atoms with van der Waals surface area (Å²) >= 11 is 6.90. The van der Waals surface area contributed by atoms with Crippen molar-refractivity contribution in [2.24, 2.45) is 0 Å². The Labute approximate surface area is 96.2 Å². The maximum Gasteiger partial charge on any atom is 0.177 e. The molecule has 0 saturated heterocycles. The summed E-state index contributed by atoms with van der Waals surface area (Å²) in [6.07, 6.45) is 0.841. The molecule has 1 aromatic carbocycles. The van der Waals surface area contributed by atoms with Crippen LogP contribution in [0.15, 0.2) is 23.1 Å². The Bertz CT molecular complexity index is 422. The van der Waals surface area contributed by atoms with E-state index in [0.29, 0.717) is 5.56 Å². The first-order valence-electron chi connectivity index (χ1n) is 4.36. The molecule has 5 heteroatoms. The van der Waals surface area contributed by atoms with E-state index in [-0.39, 0.29) is 17.0 Å². The molecular weight excluding hydrogens is 234 g/mol. The van der Waals surface area contributed by atoms with E-state index >= 15 is 0 Å². The van der Waals surface area contributed by atoms with Gasteiger partial charge in [0.15, 0.2) is 12.1 Å². The number of ketones is 1. The predicted octanol–water partition coefficient (Wildman–Crippen LogP) is 2.15. The van der Waals surface area contributed by atoms with Crippen LogP contribution in [0.4, 0.5) is 5.69 Å². The first kappa shape index (κ1) is 10.5. The molecule has 0 bridgehead atoms. The quantitative estimate of drug-likeness (QED) is 0.500. The van der Waals surface area contributed by atoms with E-state index < -0.39 is 0 Å². The van der Waals surface area contributed by atoms with Gasteiger partial charge >= 0.3 is 0 Å². The van der Waals surface area contributed by atoms with E-state index in [1.165, 1.54) is 11.8 Å². The summed E-state index contributed by atoms with van der Waals surface area (Å²) in [5.41, 5.74) is 1.40. The first-order chi connectivity index (χ1) is 7.24. The minimum atomic E-state index is -0.249. The van der Waals surface area contributed by atoms with Gasteiger partial charge in [-0.25, -0.2) is 0 Å². The zero-order valence-corrected chi connectivity index (χ0v) is 9.27. The van der Waals surface area contributed by atoms with Crippen molar-refractivity contribution in [3.63, 3.8) is 0 Å². The van der Waals surface area contributed by atoms with Gasteiger partial charge in [-0.1, -0.05) is 17.8 Å². The first-order valence-corrected chi connectivity index (χ1v) is 5.77. The molecule has 78 valence electrons. The number of aldehydes is 1. The number of rotatable bonds is 3. The number of halogens is 1. The van der Waals surface area contributed by atoms with Gasteiger partial charge in [0.05, 0.1) is 5.88 Å². The van der Waals surface area contributed by atoms with Crippen LogP contribution in [0.2, 0.25) is 0 Å². The normalized spacial score (nSPS) is 18.1. The molecule has 1 heterocycles. The van der Waals surface area contributed by atoms with Crippen LogP contribution >= 0.6 is 23.4 Å². The number of thioether (sulfide) groups is 1. The minimum Gasteiger partial charge on any atom is -0.366 e. The van der Waals surface area contributed by atoms with Gasteiger partial charge in [0.1, 0.15) is 5.37 Å². The Morgan fingerprint density at radius 3 is 3.07 bits per heavy atom. The van der Waals surface area contributed by atoms with E-state index in [9.17, 15) is 9.59 Å². The fourth-order valence-electron chi connectivity index (χ4n) is 1.38. The molecule has 0 radical (unpaired) electrons.